The third-order valence-electron chi connectivity index (χ3n) is 3.13. The van der Waals surface area contributed by atoms with E-state index in [2.05, 4.69) is 20.8 Å². The number of ether oxygens (including phenoxy) is 3. The van der Waals surface area contributed by atoms with Crippen molar-refractivity contribution in [2.24, 2.45) is 5.92 Å². The normalized spacial score (nSPS) is 15.6. The predicted molar refractivity (Wildman–Crippen MR) is 75.6 cm³/mol. The molecule has 19 heavy (non-hydrogen) atoms. The van der Waals surface area contributed by atoms with Gasteiger partial charge >= 0.3 is 0 Å². The lowest BCUT2D eigenvalue weighted by molar-refractivity contribution is 0.0398. The van der Waals surface area contributed by atoms with Gasteiger partial charge in [0.2, 0.25) is 0 Å². The average Bonchev–Trinajstić information content (AvgIpc) is 2.35. The highest BCUT2D eigenvalue weighted by atomic mass is 16.6. The second-order valence-corrected chi connectivity index (χ2v) is 5.45. The van der Waals surface area contributed by atoms with Crippen LogP contribution in [0.2, 0.25) is 0 Å². The van der Waals surface area contributed by atoms with E-state index in [-0.39, 0.29) is 6.10 Å². The molecular weight excluding hydrogens is 242 g/mol. The lowest BCUT2D eigenvalue weighted by Crippen LogP contribution is -2.16. The quantitative estimate of drug-likeness (QED) is 0.832. The number of rotatable bonds is 5. The minimum atomic E-state index is 0.229. The number of fused-ring (bicyclic) bond motifs is 1. The van der Waals surface area contributed by atoms with Crippen LogP contribution in [-0.2, 0) is 11.3 Å². The summed E-state index contributed by atoms with van der Waals surface area (Å²) in [5.41, 5.74) is 7.67. The van der Waals surface area contributed by atoms with Gasteiger partial charge in [-0.2, -0.15) is 0 Å². The van der Waals surface area contributed by atoms with E-state index in [9.17, 15) is 0 Å². The molecule has 106 valence electrons. The molecule has 0 fully saturated rings. The fourth-order valence-electron chi connectivity index (χ4n) is 2.24. The Morgan fingerprint density at radius 2 is 1.79 bits per heavy atom. The van der Waals surface area contributed by atoms with E-state index in [0.717, 1.165) is 23.5 Å². The first-order valence-corrected chi connectivity index (χ1v) is 6.86. The van der Waals surface area contributed by atoms with Crippen LogP contribution in [0.15, 0.2) is 12.1 Å². The van der Waals surface area contributed by atoms with Gasteiger partial charge in [-0.3, -0.25) is 0 Å². The molecule has 0 saturated heterocycles. The summed E-state index contributed by atoms with van der Waals surface area (Å²) in [6, 6.07) is 3.74. The van der Waals surface area contributed by atoms with Gasteiger partial charge < -0.3 is 19.9 Å². The molecule has 2 rings (SSSR count). The Kier molecular flexibility index (Phi) is 4.53. The first-order valence-electron chi connectivity index (χ1n) is 6.86. The molecule has 0 amide bonds. The number of nitrogens with two attached hydrogens (primary N) is 1. The van der Waals surface area contributed by atoms with Crippen LogP contribution in [0.1, 0.15) is 32.8 Å². The van der Waals surface area contributed by atoms with Crippen molar-refractivity contribution in [1.82, 2.24) is 0 Å². The molecule has 1 atom stereocenters. The van der Waals surface area contributed by atoms with Gasteiger partial charge in [0.15, 0.2) is 11.5 Å². The zero-order valence-corrected chi connectivity index (χ0v) is 11.9. The highest BCUT2D eigenvalue weighted by molar-refractivity contribution is 5.58. The first kappa shape index (κ1) is 14.0. The standard InChI is InChI=1S/C15H23NO3/c1-10(2)6-11(3)19-9-12-7-14-15(8-13(12)16)18-5-4-17-14/h7-8,10-11H,4-6,9,16H2,1-3H3. The molecule has 0 bridgehead atoms. The minimum absolute atomic E-state index is 0.229. The summed E-state index contributed by atoms with van der Waals surface area (Å²) < 4.78 is 16.9. The third kappa shape index (κ3) is 3.77. The molecule has 0 spiro atoms. The van der Waals surface area contributed by atoms with Crippen LogP contribution in [0.25, 0.3) is 0 Å². The van der Waals surface area contributed by atoms with E-state index in [4.69, 9.17) is 19.9 Å². The molecule has 0 radical (unpaired) electrons. The number of hydrogen-bond acceptors (Lipinski definition) is 4. The van der Waals surface area contributed by atoms with E-state index >= 15 is 0 Å². The van der Waals surface area contributed by atoms with Crippen molar-refractivity contribution in [2.45, 2.75) is 39.9 Å². The fraction of sp³-hybridized carbons (Fsp3) is 0.600. The van der Waals surface area contributed by atoms with Gasteiger partial charge in [-0.25, -0.2) is 0 Å². The first-order chi connectivity index (χ1) is 9.06. The lowest BCUT2D eigenvalue weighted by Gasteiger charge is -2.21. The van der Waals surface area contributed by atoms with Crippen molar-refractivity contribution >= 4 is 5.69 Å². The summed E-state index contributed by atoms with van der Waals surface area (Å²) in [5, 5.41) is 0. The van der Waals surface area contributed by atoms with Crippen molar-refractivity contribution in [3.63, 3.8) is 0 Å². The Balaban J connectivity index is 2.00. The average molecular weight is 265 g/mol. The summed E-state index contributed by atoms with van der Waals surface area (Å²) in [6.07, 6.45) is 1.28. The molecule has 2 N–H and O–H groups in total. The van der Waals surface area contributed by atoms with E-state index in [1.54, 1.807) is 0 Å². The highest BCUT2D eigenvalue weighted by Crippen LogP contribution is 2.34. The smallest absolute Gasteiger partial charge is 0.163 e. The number of nitrogen functional groups attached to an aromatic ring is 1. The van der Waals surface area contributed by atoms with Crippen LogP contribution in [0.4, 0.5) is 5.69 Å². The number of anilines is 1. The second kappa shape index (κ2) is 6.15. The Morgan fingerprint density at radius 1 is 1.16 bits per heavy atom. The van der Waals surface area contributed by atoms with Crippen LogP contribution in [0.5, 0.6) is 11.5 Å². The molecule has 0 saturated carbocycles. The van der Waals surface area contributed by atoms with Crippen molar-refractivity contribution in [1.29, 1.82) is 0 Å². The lowest BCUT2D eigenvalue weighted by atomic mass is 10.1. The third-order valence-corrected chi connectivity index (χ3v) is 3.13. The molecule has 1 aliphatic heterocycles. The van der Waals surface area contributed by atoms with Crippen LogP contribution >= 0.6 is 0 Å². The zero-order valence-electron chi connectivity index (χ0n) is 11.9. The number of benzene rings is 1. The number of hydrogen-bond donors (Lipinski definition) is 1. The van der Waals surface area contributed by atoms with Crippen LogP contribution < -0.4 is 15.2 Å². The van der Waals surface area contributed by atoms with E-state index in [1.165, 1.54) is 0 Å². The fourth-order valence-corrected chi connectivity index (χ4v) is 2.24. The van der Waals surface area contributed by atoms with Crippen molar-refractivity contribution in [2.75, 3.05) is 18.9 Å². The summed E-state index contributed by atoms with van der Waals surface area (Å²) >= 11 is 0. The van der Waals surface area contributed by atoms with Crippen LogP contribution in [0.3, 0.4) is 0 Å². The molecule has 1 aromatic carbocycles. The van der Waals surface area contributed by atoms with Gasteiger partial charge in [-0.05, 0) is 25.3 Å². The van der Waals surface area contributed by atoms with Crippen molar-refractivity contribution in [3.8, 4) is 11.5 Å². The maximum absolute atomic E-state index is 6.02. The Labute approximate surface area is 114 Å². The van der Waals surface area contributed by atoms with Gasteiger partial charge in [0.25, 0.3) is 0 Å². The Hall–Kier alpha value is -1.42. The van der Waals surface area contributed by atoms with E-state index in [0.29, 0.717) is 31.4 Å². The largest absolute Gasteiger partial charge is 0.486 e. The Bertz CT molecular complexity index is 432. The molecule has 1 unspecified atom stereocenters. The van der Waals surface area contributed by atoms with E-state index < -0.39 is 0 Å². The molecule has 0 aromatic heterocycles. The Morgan fingerprint density at radius 3 is 2.42 bits per heavy atom. The second-order valence-electron chi connectivity index (χ2n) is 5.45. The molecule has 4 heteroatoms. The molecule has 1 aromatic rings. The minimum Gasteiger partial charge on any atom is -0.486 e. The molecule has 1 aliphatic rings. The van der Waals surface area contributed by atoms with Crippen molar-refractivity contribution in [3.05, 3.63) is 17.7 Å². The monoisotopic (exact) mass is 265 g/mol. The molecular formula is C15H23NO3. The van der Waals surface area contributed by atoms with Gasteiger partial charge in [0, 0.05) is 17.3 Å². The van der Waals surface area contributed by atoms with Gasteiger partial charge in [0.05, 0.1) is 12.7 Å². The van der Waals surface area contributed by atoms with E-state index in [1.807, 2.05) is 12.1 Å². The topological polar surface area (TPSA) is 53.7 Å². The van der Waals surface area contributed by atoms with Crippen molar-refractivity contribution < 1.29 is 14.2 Å². The maximum Gasteiger partial charge on any atom is 0.163 e. The summed E-state index contributed by atoms with van der Waals surface area (Å²) in [4.78, 5) is 0. The van der Waals surface area contributed by atoms with Crippen LogP contribution in [-0.4, -0.2) is 19.3 Å². The molecule has 0 aliphatic carbocycles. The maximum atomic E-state index is 6.02. The van der Waals surface area contributed by atoms with Gasteiger partial charge in [-0.15, -0.1) is 0 Å². The predicted octanol–water partition coefficient (Wildman–Crippen LogP) is 2.99. The van der Waals surface area contributed by atoms with Gasteiger partial charge in [0.1, 0.15) is 13.2 Å². The zero-order chi connectivity index (χ0) is 13.8. The molecule has 4 nitrogen and oxygen atoms in total. The molecule has 1 heterocycles. The van der Waals surface area contributed by atoms with Gasteiger partial charge in [-0.1, -0.05) is 13.8 Å². The SMILES string of the molecule is CC(C)CC(C)OCc1cc2c(cc1N)OCCO2. The summed E-state index contributed by atoms with van der Waals surface area (Å²) in [7, 11) is 0. The van der Waals surface area contributed by atoms with Crippen LogP contribution in [0, 0.1) is 5.92 Å². The summed E-state index contributed by atoms with van der Waals surface area (Å²) in [6.45, 7) is 8.15. The summed E-state index contributed by atoms with van der Waals surface area (Å²) in [5.74, 6) is 2.12. The highest BCUT2D eigenvalue weighted by Gasteiger charge is 2.15.